The van der Waals surface area contributed by atoms with Crippen LogP contribution in [0.3, 0.4) is 0 Å². The third kappa shape index (κ3) is 1.54. The Morgan fingerprint density at radius 3 is 2.75 bits per heavy atom. The highest BCUT2D eigenvalue weighted by molar-refractivity contribution is 6.01. The molecule has 0 aliphatic heterocycles. The fraction of sp³-hybridized carbons (Fsp3) is 0.200. The first-order valence-corrected chi connectivity index (χ1v) is 4.45. The number of ether oxygens (including phenoxy) is 2. The highest BCUT2D eigenvalue weighted by atomic mass is 16.5. The van der Waals surface area contributed by atoms with Gasteiger partial charge in [0.1, 0.15) is 11.3 Å². The number of fused-ring (bicyclic) bond motifs is 1. The van der Waals surface area contributed by atoms with Gasteiger partial charge in [-0.15, -0.1) is 0 Å². The monoisotopic (exact) mass is 223 g/mol. The summed E-state index contributed by atoms with van der Waals surface area (Å²) in [6.07, 6.45) is 0. The second kappa shape index (κ2) is 3.73. The van der Waals surface area contributed by atoms with Gasteiger partial charge in [-0.2, -0.15) is 0 Å². The maximum Gasteiger partial charge on any atom is 0.417 e. The Balaban J connectivity index is 2.77. The van der Waals surface area contributed by atoms with Gasteiger partial charge in [-0.3, -0.25) is 4.98 Å². The van der Waals surface area contributed by atoms with Gasteiger partial charge >= 0.3 is 11.7 Å². The number of carbonyl (C=O) groups excluding carboxylic acids is 1. The van der Waals surface area contributed by atoms with E-state index < -0.39 is 11.7 Å². The molecular weight excluding hydrogens is 214 g/mol. The zero-order valence-corrected chi connectivity index (χ0v) is 8.70. The van der Waals surface area contributed by atoms with Gasteiger partial charge in [0, 0.05) is 6.07 Å². The summed E-state index contributed by atoms with van der Waals surface area (Å²) >= 11 is 0. The summed E-state index contributed by atoms with van der Waals surface area (Å²) in [6.45, 7) is 0. The van der Waals surface area contributed by atoms with E-state index in [1.807, 2.05) is 0 Å². The summed E-state index contributed by atoms with van der Waals surface area (Å²) in [5.41, 5.74) is 0.706. The molecule has 0 saturated heterocycles. The summed E-state index contributed by atoms with van der Waals surface area (Å²) in [5, 5.41) is 0. The molecule has 0 fully saturated rings. The van der Waals surface area contributed by atoms with E-state index in [9.17, 15) is 9.59 Å². The lowest BCUT2D eigenvalue weighted by Gasteiger charge is -2.03. The maximum absolute atomic E-state index is 11.5. The molecule has 0 spiro atoms. The molecule has 16 heavy (non-hydrogen) atoms. The topological polar surface area (TPSA) is 81.5 Å². The molecule has 1 heterocycles. The molecule has 6 nitrogen and oxygen atoms in total. The largest absolute Gasteiger partial charge is 0.497 e. The van der Waals surface area contributed by atoms with Crippen molar-refractivity contribution < 1.29 is 18.7 Å². The quantitative estimate of drug-likeness (QED) is 0.765. The normalized spacial score (nSPS) is 10.4. The molecule has 0 aliphatic carbocycles. The average Bonchev–Trinajstić information content (AvgIpc) is 2.66. The van der Waals surface area contributed by atoms with Crippen LogP contribution >= 0.6 is 0 Å². The van der Waals surface area contributed by atoms with Crippen LogP contribution in [0.25, 0.3) is 11.1 Å². The van der Waals surface area contributed by atoms with Gasteiger partial charge in [0.05, 0.1) is 19.7 Å². The number of hydrogen-bond acceptors (Lipinski definition) is 5. The van der Waals surface area contributed by atoms with E-state index in [1.54, 1.807) is 6.07 Å². The Morgan fingerprint density at radius 2 is 2.12 bits per heavy atom. The highest BCUT2D eigenvalue weighted by Crippen LogP contribution is 2.23. The van der Waals surface area contributed by atoms with Crippen LogP contribution < -0.4 is 10.5 Å². The van der Waals surface area contributed by atoms with Crippen molar-refractivity contribution in [3.63, 3.8) is 0 Å². The minimum Gasteiger partial charge on any atom is -0.497 e. The maximum atomic E-state index is 11.5. The average molecular weight is 223 g/mol. The summed E-state index contributed by atoms with van der Waals surface area (Å²) in [7, 11) is 2.71. The van der Waals surface area contributed by atoms with Crippen molar-refractivity contribution >= 4 is 17.1 Å². The van der Waals surface area contributed by atoms with Crippen molar-refractivity contribution in [3.8, 4) is 5.75 Å². The van der Waals surface area contributed by atoms with Crippen LogP contribution in [0.2, 0.25) is 0 Å². The van der Waals surface area contributed by atoms with Gasteiger partial charge in [0.15, 0.2) is 5.58 Å². The molecule has 0 aliphatic rings. The van der Waals surface area contributed by atoms with E-state index in [2.05, 4.69) is 9.72 Å². The predicted octanol–water partition coefficient (Wildman–Crippen LogP) is 0.916. The number of aromatic nitrogens is 1. The zero-order chi connectivity index (χ0) is 11.7. The fourth-order valence-corrected chi connectivity index (χ4v) is 1.41. The number of aromatic amines is 1. The molecule has 1 N–H and O–H groups in total. The number of benzene rings is 1. The Labute approximate surface area is 89.8 Å². The molecule has 0 amide bonds. The van der Waals surface area contributed by atoms with Crippen LogP contribution in [0.15, 0.2) is 21.3 Å². The van der Waals surface area contributed by atoms with Crippen molar-refractivity contribution in [1.82, 2.24) is 4.98 Å². The van der Waals surface area contributed by atoms with Gasteiger partial charge in [0.2, 0.25) is 0 Å². The number of methoxy groups -OCH3 is 2. The van der Waals surface area contributed by atoms with E-state index in [1.165, 1.54) is 20.3 Å². The van der Waals surface area contributed by atoms with E-state index in [-0.39, 0.29) is 11.1 Å². The van der Waals surface area contributed by atoms with E-state index in [4.69, 9.17) is 9.15 Å². The molecule has 2 rings (SSSR count). The second-order valence-electron chi connectivity index (χ2n) is 3.06. The van der Waals surface area contributed by atoms with E-state index >= 15 is 0 Å². The number of rotatable bonds is 2. The summed E-state index contributed by atoms with van der Waals surface area (Å²) in [6, 6.07) is 3.01. The van der Waals surface area contributed by atoms with E-state index in [0.29, 0.717) is 11.3 Å². The second-order valence-corrected chi connectivity index (χ2v) is 3.06. The van der Waals surface area contributed by atoms with Crippen LogP contribution in [0.5, 0.6) is 5.75 Å². The number of carbonyl (C=O) groups is 1. The van der Waals surface area contributed by atoms with Crippen LogP contribution in [0.4, 0.5) is 0 Å². The van der Waals surface area contributed by atoms with Gasteiger partial charge in [0.25, 0.3) is 0 Å². The van der Waals surface area contributed by atoms with Crippen molar-refractivity contribution in [2.24, 2.45) is 0 Å². The molecule has 0 saturated carbocycles. The summed E-state index contributed by atoms with van der Waals surface area (Å²) in [5.74, 6) is -0.787. The lowest BCUT2D eigenvalue weighted by molar-refractivity contribution is 0.0601. The van der Waals surface area contributed by atoms with Crippen LogP contribution in [-0.4, -0.2) is 25.2 Å². The zero-order valence-electron chi connectivity index (χ0n) is 8.70. The standard InChI is InChI=1S/C10H9NO5/c1-14-5-3-6(9(12)15-2)8-7(4-5)11-10(13)16-8/h3-4H,1-2H3,(H,11,13). The molecule has 0 bridgehead atoms. The molecular formula is C10H9NO5. The number of oxazole rings is 1. The number of H-pyrrole nitrogens is 1. The first-order valence-electron chi connectivity index (χ1n) is 4.45. The molecule has 84 valence electrons. The van der Waals surface area contributed by atoms with Crippen LogP contribution in [0, 0.1) is 0 Å². The predicted molar refractivity (Wildman–Crippen MR) is 54.7 cm³/mol. The Kier molecular flexibility index (Phi) is 2.40. The molecule has 6 heteroatoms. The molecule has 1 aromatic heterocycles. The van der Waals surface area contributed by atoms with E-state index in [0.717, 1.165) is 0 Å². The Hall–Kier alpha value is -2.24. The van der Waals surface area contributed by atoms with Gasteiger partial charge in [-0.05, 0) is 6.07 Å². The molecule has 0 radical (unpaired) electrons. The lowest BCUT2D eigenvalue weighted by Crippen LogP contribution is -2.02. The SMILES string of the molecule is COC(=O)c1cc(OC)cc2[nH]c(=O)oc12. The Morgan fingerprint density at radius 1 is 1.38 bits per heavy atom. The number of esters is 1. The molecule has 1 aromatic carbocycles. The van der Waals surface area contributed by atoms with Gasteiger partial charge < -0.3 is 13.9 Å². The van der Waals surface area contributed by atoms with Crippen molar-refractivity contribution in [3.05, 3.63) is 28.2 Å². The number of hydrogen-bond donors (Lipinski definition) is 1. The fourth-order valence-electron chi connectivity index (χ4n) is 1.41. The lowest BCUT2D eigenvalue weighted by atomic mass is 10.2. The first kappa shape index (κ1) is 10.3. The Bertz CT molecular complexity index is 595. The molecule has 0 unspecified atom stereocenters. The molecule has 0 atom stereocenters. The minimum absolute atomic E-state index is 0.148. The van der Waals surface area contributed by atoms with Crippen molar-refractivity contribution in [2.75, 3.05) is 14.2 Å². The third-order valence-corrected chi connectivity index (χ3v) is 2.13. The van der Waals surface area contributed by atoms with Crippen molar-refractivity contribution in [1.29, 1.82) is 0 Å². The first-order chi connectivity index (χ1) is 7.65. The highest BCUT2D eigenvalue weighted by Gasteiger charge is 2.16. The van der Waals surface area contributed by atoms with Crippen LogP contribution in [-0.2, 0) is 4.74 Å². The minimum atomic E-state index is -0.631. The molecule has 2 aromatic rings. The van der Waals surface area contributed by atoms with Gasteiger partial charge in [-0.1, -0.05) is 0 Å². The smallest absolute Gasteiger partial charge is 0.417 e. The summed E-state index contributed by atoms with van der Waals surface area (Å²) < 4.78 is 14.4. The number of nitrogens with one attached hydrogen (secondary N) is 1. The van der Waals surface area contributed by atoms with Crippen molar-refractivity contribution in [2.45, 2.75) is 0 Å². The van der Waals surface area contributed by atoms with Gasteiger partial charge in [-0.25, -0.2) is 9.59 Å². The summed E-state index contributed by atoms with van der Waals surface area (Å²) in [4.78, 5) is 24.9. The third-order valence-electron chi connectivity index (χ3n) is 2.13. The van der Waals surface area contributed by atoms with Crippen LogP contribution in [0.1, 0.15) is 10.4 Å².